The van der Waals surface area contributed by atoms with E-state index in [0.29, 0.717) is 17.3 Å². The van der Waals surface area contributed by atoms with Gasteiger partial charge in [-0.25, -0.2) is 8.42 Å². The van der Waals surface area contributed by atoms with E-state index in [2.05, 4.69) is 15.4 Å². The molecule has 1 heterocycles. The quantitative estimate of drug-likeness (QED) is 0.701. The topological polar surface area (TPSA) is 87.3 Å². The Bertz CT molecular complexity index is 855. The van der Waals surface area contributed by atoms with Crippen molar-refractivity contribution in [3.8, 4) is 0 Å². The van der Waals surface area contributed by atoms with Crippen molar-refractivity contribution >= 4 is 39.7 Å². The van der Waals surface area contributed by atoms with Crippen molar-refractivity contribution in [1.82, 2.24) is 5.32 Å². The van der Waals surface area contributed by atoms with Gasteiger partial charge in [-0.3, -0.25) is 9.52 Å². The summed E-state index contributed by atoms with van der Waals surface area (Å²) in [5, 5.41) is 5.95. The first-order valence-electron chi connectivity index (χ1n) is 8.15. The van der Waals surface area contributed by atoms with Crippen molar-refractivity contribution in [3.63, 3.8) is 0 Å². The lowest BCUT2D eigenvalue weighted by Crippen LogP contribution is -2.48. The molecule has 0 saturated carbocycles. The highest BCUT2D eigenvalue weighted by atomic mass is 35.5. The van der Waals surface area contributed by atoms with Crippen LogP contribution in [-0.2, 0) is 14.8 Å². The SMILES string of the molecule is CC(C(=O)Nc1cccc(S(=O)(=O)Nc2ccccc2)c1)C1CNC1.Cl. The lowest BCUT2D eigenvalue weighted by atomic mass is 9.88. The van der Waals surface area contributed by atoms with Crippen molar-refractivity contribution in [2.75, 3.05) is 23.1 Å². The highest BCUT2D eigenvalue weighted by Gasteiger charge is 2.28. The maximum absolute atomic E-state index is 12.5. The molecule has 0 aromatic heterocycles. The summed E-state index contributed by atoms with van der Waals surface area (Å²) >= 11 is 0. The maximum Gasteiger partial charge on any atom is 0.261 e. The first-order valence-corrected chi connectivity index (χ1v) is 9.63. The zero-order chi connectivity index (χ0) is 17.9. The van der Waals surface area contributed by atoms with Crippen LogP contribution in [0.2, 0.25) is 0 Å². The van der Waals surface area contributed by atoms with Crippen LogP contribution < -0.4 is 15.4 Å². The third-order valence-electron chi connectivity index (χ3n) is 4.37. The van der Waals surface area contributed by atoms with Crippen molar-refractivity contribution in [1.29, 1.82) is 0 Å². The minimum atomic E-state index is -3.71. The lowest BCUT2D eigenvalue weighted by molar-refractivity contribution is -0.121. The second kappa shape index (κ2) is 8.53. The molecule has 1 aliphatic rings. The number of carbonyl (C=O) groups excluding carboxylic acids is 1. The van der Waals surface area contributed by atoms with Crippen LogP contribution >= 0.6 is 12.4 Å². The third-order valence-corrected chi connectivity index (χ3v) is 5.75. The van der Waals surface area contributed by atoms with Crippen LogP contribution in [0.3, 0.4) is 0 Å². The molecule has 140 valence electrons. The Kier molecular flexibility index (Phi) is 6.63. The summed E-state index contributed by atoms with van der Waals surface area (Å²) in [5.74, 6) is 0.104. The Labute approximate surface area is 159 Å². The van der Waals surface area contributed by atoms with E-state index in [0.717, 1.165) is 13.1 Å². The van der Waals surface area contributed by atoms with Gasteiger partial charge in [-0.15, -0.1) is 12.4 Å². The largest absolute Gasteiger partial charge is 0.326 e. The van der Waals surface area contributed by atoms with Gasteiger partial charge in [-0.2, -0.15) is 0 Å². The number of amides is 1. The Hall–Kier alpha value is -2.09. The van der Waals surface area contributed by atoms with Crippen molar-refractivity contribution in [2.24, 2.45) is 11.8 Å². The number of anilines is 2. The van der Waals surface area contributed by atoms with E-state index in [9.17, 15) is 13.2 Å². The first-order chi connectivity index (χ1) is 12.0. The fraction of sp³-hybridized carbons (Fsp3) is 0.278. The molecular weight excluding hydrogens is 374 g/mol. The second-order valence-electron chi connectivity index (χ2n) is 6.20. The summed E-state index contributed by atoms with van der Waals surface area (Å²) in [6, 6.07) is 14.9. The normalized spacial score (nSPS) is 15.3. The molecule has 26 heavy (non-hydrogen) atoms. The summed E-state index contributed by atoms with van der Waals surface area (Å²) in [5.41, 5.74) is 0.961. The van der Waals surface area contributed by atoms with Gasteiger partial charge < -0.3 is 10.6 Å². The van der Waals surface area contributed by atoms with Crippen LogP contribution in [0.5, 0.6) is 0 Å². The zero-order valence-electron chi connectivity index (χ0n) is 14.3. The van der Waals surface area contributed by atoms with Gasteiger partial charge in [0.15, 0.2) is 0 Å². The molecule has 6 nitrogen and oxygen atoms in total. The van der Waals surface area contributed by atoms with Crippen LogP contribution in [0.1, 0.15) is 6.92 Å². The lowest BCUT2D eigenvalue weighted by Gasteiger charge is -2.31. The highest BCUT2D eigenvalue weighted by Crippen LogP contribution is 2.21. The smallest absolute Gasteiger partial charge is 0.261 e. The molecule has 0 spiro atoms. The zero-order valence-corrected chi connectivity index (χ0v) is 15.9. The molecule has 1 aliphatic heterocycles. The third kappa shape index (κ3) is 4.75. The van der Waals surface area contributed by atoms with E-state index in [-0.39, 0.29) is 29.1 Å². The van der Waals surface area contributed by atoms with E-state index in [1.807, 2.05) is 13.0 Å². The molecule has 3 rings (SSSR count). The van der Waals surface area contributed by atoms with Gasteiger partial charge in [-0.1, -0.05) is 31.2 Å². The van der Waals surface area contributed by atoms with Crippen LogP contribution in [0.25, 0.3) is 0 Å². The monoisotopic (exact) mass is 395 g/mol. The average molecular weight is 396 g/mol. The van der Waals surface area contributed by atoms with E-state index < -0.39 is 10.0 Å². The van der Waals surface area contributed by atoms with Gasteiger partial charge >= 0.3 is 0 Å². The number of para-hydroxylation sites is 1. The van der Waals surface area contributed by atoms with Crippen LogP contribution in [0, 0.1) is 11.8 Å². The van der Waals surface area contributed by atoms with Crippen LogP contribution in [-0.4, -0.2) is 27.4 Å². The predicted molar refractivity (Wildman–Crippen MR) is 105 cm³/mol. The van der Waals surface area contributed by atoms with E-state index in [1.54, 1.807) is 36.4 Å². The number of halogens is 1. The van der Waals surface area contributed by atoms with Gasteiger partial charge in [0, 0.05) is 17.3 Å². The number of rotatable bonds is 6. The van der Waals surface area contributed by atoms with Crippen molar-refractivity contribution in [2.45, 2.75) is 11.8 Å². The van der Waals surface area contributed by atoms with Crippen molar-refractivity contribution in [3.05, 3.63) is 54.6 Å². The molecular formula is C18H22ClN3O3S. The molecule has 0 bridgehead atoms. The van der Waals surface area contributed by atoms with Gasteiger partial charge in [0.2, 0.25) is 5.91 Å². The maximum atomic E-state index is 12.5. The van der Waals surface area contributed by atoms with Crippen LogP contribution in [0.15, 0.2) is 59.5 Å². The van der Waals surface area contributed by atoms with Crippen LogP contribution in [0.4, 0.5) is 11.4 Å². The standard InChI is InChI=1S/C18H21N3O3S.ClH/c1-13(14-11-19-12-14)18(22)20-16-8-5-9-17(10-16)25(23,24)21-15-6-3-2-4-7-15;/h2-10,13-14,19,21H,11-12H2,1H3,(H,20,22);1H. The number of nitrogens with one attached hydrogen (secondary N) is 3. The highest BCUT2D eigenvalue weighted by molar-refractivity contribution is 7.92. The Morgan fingerprint density at radius 1 is 1.08 bits per heavy atom. The molecule has 0 radical (unpaired) electrons. The fourth-order valence-corrected chi connectivity index (χ4v) is 3.70. The average Bonchev–Trinajstić information content (AvgIpc) is 2.54. The molecule has 3 N–H and O–H groups in total. The first kappa shape index (κ1) is 20.2. The predicted octanol–water partition coefficient (Wildman–Crippen LogP) is 2.70. The Morgan fingerprint density at radius 3 is 2.35 bits per heavy atom. The molecule has 2 aromatic rings. The molecule has 1 saturated heterocycles. The van der Waals surface area contributed by atoms with E-state index in [1.165, 1.54) is 12.1 Å². The molecule has 1 atom stereocenters. The second-order valence-corrected chi connectivity index (χ2v) is 7.88. The molecule has 1 unspecified atom stereocenters. The van der Waals surface area contributed by atoms with Gasteiger partial charge in [-0.05, 0) is 49.3 Å². The number of benzene rings is 2. The summed E-state index contributed by atoms with van der Waals surface area (Å²) in [7, 11) is -3.71. The summed E-state index contributed by atoms with van der Waals surface area (Å²) in [6.07, 6.45) is 0. The van der Waals surface area contributed by atoms with E-state index >= 15 is 0 Å². The fourth-order valence-electron chi connectivity index (χ4n) is 2.60. The number of hydrogen-bond acceptors (Lipinski definition) is 4. The minimum absolute atomic E-state index is 0. The Morgan fingerprint density at radius 2 is 1.73 bits per heavy atom. The van der Waals surface area contributed by atoms with Crippen molar-refractivity contribution < 1.29 is 13.2 Å². The number of sulfonamides is 1. The summed E-state index contributed by atoms with van der Waals surface area (Å²) in [6.45, 7) is 3.56. The number of carbonyl (C=O) groups is 1. The number of hydrogen-bond donors (Lipinski definition) is 3. The molecule has 1 amide bonds. The molecule has 8 heteroatoms. The van der Waals surface area contributed by atoms with Gasteiger partial charge in [0.1, 0.15) is 0 Å². The van der Waals surface area contributed by atoms with Gasteiger partial charge in [0.25, 0.3) is 10.0 Å². The Balaban J connectivity index is 0.00000243. The van der Waals surface area contributed by atoms with E-state index in [4.69, 9.17) is 0 Å². The minimum Gasteiger partial charge on any atom is -0.326 e. The van der Waals surface area contributed by atoms with Gasteiger partial charge in [0.05, 0.1) is 4.90 Å². The summed E-state index contributed by atoms with van der Waals surface area (Å²) in [4.78, 5) is 12.4. The molecule has 2 aromatic carbocycles. The molecule has 0 aliphatic carbocycles. The molecule has 1 fully saturated rings. The summed E-state index contributed by atoms with van der Waals surface area (Å²) < 4.78 is 27.5.